The highest BCUT2D eigenvalue weighted by Crippen LogP contribution is 2.44. The summed E-state index contributed by atoms with van der Waals surface area (Å²) in [6.07, 6.45) is -1.68. The number of nitrogens with zero attached hydrogens (tertiary/aromatic N) is 3. The lowest BCUT2D eigenvalue weighted by Crippen LogP contribution is -2.29. The monoisotopic (exact) mass is 599 g/mol. The van der Waals surface area contributed by atoms with Crippen molar-refractivity contribution < 1.29 is 21.6 Å². The first kappa shape index (κ1) is 28.6. The van der Waals surface area contributed by atoms with Gasteiger partial charge in [-0.25, -0.2) is 8.42 Å². The van der Waals surface area contributed by atoms with Crippen LogP contribution < -0.4 is 14.9 Å². The molecule has 41 heavy (non-hydrogen) atoms. The molecule has 1 saturated heterocycles. The topological polar surface area (TPSA) is 79.3 Å². The zero-order valence-corrected chi connectivity index (χ0v) is 24.3. The van der Waals surface area contributed by atoms with Crippen LogP contribution in [0.25, 0.3) is 5.69 Å². The molecule has 5 rings (SSSR count). The quantitative estimate of drug-likeness (QED) is 0.251. The van der Waals surface area contributed by atoms with E-state index in [9.17, 15) is 21.6 Å². The van der Waals surface area contributed by atoms with Gasteiger partial charge in [0.2, 0.25) is 10.0 Å². The molecule has 0 amide bonds. The molecule has 2 N–H and O–H groups in total. The Morgan fingerprint density at radius 1 is 0.976 bits per heavy atom. The van der Waals surface area contributed by atoms with Gasteiger partial charge in [0.05, 0.1) is 35.3 Å². The molecule has 0 aliphatic carbocycles. The molecule has 1 fully saturated rings. The van der Waals surface area contributed by atoms with Gasteiger partial charge in [-0.1, -0.05) is 12.1 Å². The van der Waals surface area contributed by atoms with Gasteiger partial charge in [0.15, 0.2) is 5.11 Å². The maximum absolute atomic E-state index is 13.5. The number of halogens is 3. The van der Waals surface area contributed by atoms with E-state index in [0.717, 1.165) is 46.7 Å². The van der Waals surface area contributed by atoms with E-state index in [1.165, 1.54) is 6.07 Å². The maximum Gasteiger partial charge on any atom is 0.416 e. The molecule has 2 aromatic carbocycles. The van der Waals surface area contributed by atoms with Crippen LogP contribution in [0.4, 0.5) is 24.5 Å². The molecule has 1 aliphatic heterocycles. The number of hydrogen-bond donors (Lipinski definition) is 2. The molecule has 0 bridgehead atoms. The minimum absolute atomic E-state index is 0.367. The van der Waals surface area contributed by atoms with Crippen LogP contribution in [-0.2, 0) is 16.2 Å². The predicted octanol–water partition coefficient (Wildman–Crippen LogP) is 6.36. The molecule has 0 saturated carbocycles. The molecule has 12 heteroatoms. The van der Waals surface area contributed by atoms with Crippen molar-refractivity contribution in [2.75, 3.05) is 15.9 Å². The standard InChI is InChI=1S/C29H28F3N5O2S2/c1-17-14-22(11-12-24(17)35-41(4,38)39)37-27(26(34-28(37)40)25-10-5-6-13-33-25)23-15-18(2)36(19(23)3)21-9-7-8-20(16-21)29(30,31)32/h5-16,26-27,35H,1-4H3,(H,34,40)/t26-,27-/m1/s1. The van der Waals surface area contributed by atoms with Crippen molar-refractivity contribution in [1.29, 1.82) is 0 Å². The summed E-state index contributed by atoms with van der Waals surface area (Å²) < 4.78 is 68.6. The van der Waals surface area contributed by atoms with Gasteiger partial charge in [0.25, 0.3) is 0 Å². The van der Waals surface area contributed by atoms with Crippen LogP contribution in [0.2, 0.25) is 0 Å². The fourth-order valence-electron chi connectivity index (χ4n) is 5.37. The van der Waals surface area contributed by atoms with E-state index in [-0.39, 0.29) is 6.04 Å². The molecule has 2 aromatic heterocycles. The van der Waals surface area contributed by atoms with Crippen LogP contribution in [0.1, 0.15) is 45.9 Å². The second-order valence-corrected chi connectivity index (χ2v) is 12.2. The van der Waals surface area contributed by atoms with E-state index in [4.69, 9.17) is 12.2 Å². The number of aryl methyl sites for hydroxylation is 2. The number of hydrogen-bond acceptors (Lipinski definition) is 4. The Labute approximate surface area is 242 Å². The van der Waals surface area contributed by atoms with Crippen molar-refractivity contribution in [3.63, 3.8) is 0 Å². The molecule has 4 aromatic rings. The third-order valence-electron chi connectivity index (χ3n) is 7.10. The molecule has 7 nitrogen and oxygen atoms in total. The van der Waals surface area contributed by atoms with Gasteiger partial charge >= 0.3 is 6.18 Å². The van der Waals surface area contributed by atoms with Crippen molar-refractivity contribution in [3.8, 4) is 5.69 Å². The van der Waals surface area contributed by atoms with E-state index in [2.05, 4.69) is 15.0 Å². The summed E-state index contributed by atoms with van der Waals surface area (Å²) in [5.41, 5.74) is 4.69. The van der Waals surface area contributed by atoms with Gasteiger partial charge < -0.3 is 14.8 Å². The van der Waals surface area contributed by atoms with E-state index in [0.29, 0.717) is 22.1 Å². The first-order valence-electron chi connectivity index (χ1n) is 12.7. The Hall–Kier alpha value is -3.90. The third kappa shape index (κ3) is 5.66. The molecule has 1 aliphatic rings. The number of thiocarbonyl (C=S) groups is 1. The predicted molar refractivity (Wildman–Crippen MR) is 158 cm³/mol. The number of sulfonamides is 1. The van der Waals surface area contributed by atoms with Gasteiger partial charge in [-0.05, 0) is 98.7 Å². The van der Waals surface area contributed by atoms with Crippen molar-refractivity contribution in [1.82, 2.24) is 14.9 Å². The largest absolute Gasteiger partial charge is 0.416 e. The molecular formula is C29H28F3N5O2S2. The smallest absolute Gasteiger partial charge is 0.351 e. The van der Waals surface area contributed by atoms with Crippen molar-refractivity contribution in [2.24, 2.45) is 0 Å². The van der Waals surface area contributed by atoms with Crippen LogP contribution >= 0.6 is 12.2 Å². The Morgan fingerprint density at radius 3 is 2.37 bits per heavy atom. The first-order valence-corrected chi connectivity index (χ1v) is 15.0. The lowest BCUT2D eigenvalue weighted by atomic mass is 9.96. The number of pyridine rings is 1. The Balaban J connectivity index is 1.65. The number of anilines is 2. The number of aromatic nitrogens is 2. The SMILES string of the molecule is Cc1cc(N2C(=S)N[C@H](c3ccccn3)[C@H]2c2cc(C)n(-c3cccc(C(F)(F)F)c3)c2C)ccc1NS(C)(=O)=O. The highest BCUT2D eigenvalue weighted by molar-refractivity contribution is 7.92. The molecule has 0 spiro atoms. The van der Waals surface area contributed by atoms with Gasteiger partial charge in [-0.2, -0.15) is 13.2 Å². The summed E-state index contributed by atoms with van der Waals surface area (Å²) in [4.78, 5) is 6.52. The van der Waals surface area contributed by atoms with Crippen LogP contribution in [0.5, 0.6) is 0 Å². The number of alkyl halides is 3. The van der Waals surface area contributed by atoms with Crippen LogP contribution in [0, 0.1) is 20.8 Å². The molecular weight excluding hydrogens is 571 g/mol. The molecule has 0 unspecified atom stereocenters. The minimum atomic E-state index is -4.47. The van der Waals surface area contributed by atoms with Crippen LogP contribution in [0.15, 0.2) is 72.9 Å². The lowest BCUT2D eigenvalue weighted by molar-refractivity contribution is -0.137. The minimum Gasteiger partial charge on any atom is -0.351 e. The first-order chi connectivity index (χ1) is 19.2. The second kappa shape index (κ2) is 10.5. The van der Waals surface area contributed by atoms with E-state index < -0.39 is 27.8 Å². The average Bonchev–Trinajstić information content (AvgIpc) is 3.39. The zero-order valence-electron chi connectivity index (χ0n) is 22.7. The third-order valence-corrected chi connectivity index (χ3v) is 8.01. The number of rotatable bonds is 6. The summed E-state index contributed by atoms with van der Waals surface area (Å²) in [5, 5.41) is 3.83. The van der Waals surface area contributed by atoms with Crippen molar-refractivity contribution >= 4 is 38.7 Å². The number of benzene rings is 2. The molecule has 3 heterocycles. The Kier molecular flexibility index (Phi) is 7.33. The summed E-state index contributed by atoms with van der Waals surface area (Å²) in [6, 6.07) is 17.4. The van der Waals surface area contributed by atoms with Gasteiger partial charge in [0, 0.05) is 29.0 Å². The Morgan fingerprint density at radius 2 is 1.73 bits per heavy atom. The van der Waals surface area contributed by atoms with Gasteiger partial charge in [-0.3, -0.25) is 9.71 Å². The normalized spacial score (nSPS) is 17.5. The van der Waals surface area contributed by atoms with Gasteiger partial charge in [0.1, 0.15) is 0 Å². The number of nitrogens with one attached hydrogen (secondary N) is 2. The summed E-state index contributed by atoms with van der Waals surface area (Å²) in [7, 11) is -3.47. The van der Waals surface area contributed by atoms with Crippen molar-refractivity contribution in [2.45, 2.75) is 39.0 Å². The van der Waals surface area contributed by atoms with Gasteiger partial charge in [-0.15, -0.1) is 0 Å². The summed E-state index contributed by atoms with van der Waals surface area (Å²) in [5.74, 6) is 0. The highest BCUT2D eigenvalue weighted by Gasteiger charge is 2.42. The fourth-order valence-corrected chi connectivity index (χ4v) is 6.34. The molecule has 214 valence electrons. The molecule has 0 radical (unpaired) electrons. The second-order valence-electron chi connectivity index (χ2n) is 10.1. The summed E-state index contributed by atoms with van der Waals surface area (Å²) >= 11 is 5.82. The lowest BCUT2D eigenvalue weighted by Gasteiger charge is -2.29. The van der Waals surface area contributed by atoms with E-state index in [1.54, 1.807) is 31.3 Å². The fraction of sp³-hybridized carbons (Fsp3) is 0.241. The van der Waals surface area contributed by atoms with Crippen molar-refractivity contribution in [3.05, 3.63) is 107 Å². The highest BCUT2D eigenvalue weighted by atomic mass is 32.2. The maximum atomic E-state index is 13.5. The van der Waals surface area contributed by atoms with E-state index in [1.807, 2.05) is 53.6 Å². The summed E-state index contributed by atoms with van der Waals surface area (Å²) in [6.45, 7) is 5.53. The Bertz CT molecular complexity index is 1740. The van der Waals surface area contributed by atoms with E-state index >= 15 is 0 Å². The van der Waals surface area contributed by atoms with Crippen LogP contribution in [0.3, 0.4) is 0 Å². The zero-order chi connectivity index (χ0) is 29.7. The average molecular weight is 600 g/mol. The van der Waals surface area contributed by atoms with Crippen LogP contribution in [-0.4, -0.2) is 29.3 Å². The molecule has 2 atom stereocenters.